The number of piperidine rings is 1. The van der Waals surface area contributed by atoms with E-state index in [-0.39, 0.29) is 17.7 Å². The van der Waals surface area contributed by atoms with E-state index in [1.807, 2.05) is 29.9 Å². The van der Waals surface area contributed by atoms with Crippen LogP contribution in [-0.2, 0) is 11.8 Å². The van der Waals surface area contributed by atoms with Crippen LogP contribution >= 0.6 is 0 Å². The summed E-state index contributed by atoms with van der Waals surface area (Å²) >= 11 is 0. The van der Waals surface area contributed by atoms with E-state index in [9.17, 15) is 9.59 Å². The van der Waals surface area contributed by atoms with Crippen LogP contribution in [-0.4, -0.2) is 46.8 Å². The highest BCUT2D eigenvalue weighted by Crippen LogP contribution is 2.11. The van der Waals surface area contributed by atoms with Crippen LogP contribution < -0.4 is 5.32 Å². The van der Waals surface area contributed by atoms with Gasteiger partial charge in [-0.05, 0) is 25.0 Å². The molecule has 1 amide bonds. The summed E-state index contributed by atoms with van der Waals surface area (Å²) in [5.74, 6) is 0.184. The lowest BCUT2D eigenvalue weighted by Crippen LogP contribution is -2.45. The van der Waals surface area contributed by atoms with Crippen LogP contribution in [0.3, 0.4) is 0 Å². The zero-order valence-corrected chi connectivity index (χ0v) is 11.6. The first-order valence-corrected chi connectivity index (χ1v) is 6.70. The minimum absolute atomic E-state index is 0.0262. The van der Waals surface area contributed by atoms with Crippen molar-refractivity contribution in [2.45, 2.75) is 25.8 Å². The summed E-state index contributed by atoms with van der Waals surface area (Å²) in [7, 11) is 1.89. The number of hydrogen-bond acceptors (Lipinski definition) is 3. The second-order valence-electron chi connectivity index (χ2n) is 5.18. The van der Waals surface area contributed by atoms with Crippen LogP contribution in [0.25, 0.3) is 0 Å². The van der Waals surface area contributed by atoms with Gasteiger partial charge in [-0.15, -0.1) is 0 Å². The maximum Gasteiger partial charge on any atom is 0.217 e. The average Bonchev–Trinajstić information content (AvgIpc) is 2.77. The molecule has 1 fully saturated rings. The van der Waals surface area contributed by atoms with E-state index >= 15 is 0 Å². The normalized spacial score (nSPS) is 17.4. The van der Waals surface area contributed by atoms with Gasteiger partial charge in [0.2, 0.25) is 5.91 Å². The molecule has 1 aromatic heterocycles. The van der Waals surface area contributed by atoms with Crippen LogP contribution in [0.4, 0.5) is 0 Å². The van der Waals surface area contributed by atoms with Gasteiger partial charge in [0.1, 0.15) is 0 Å². The third kappa shape index (κ3) is 3.67. The molecule has 1 aliphatic heterocycles. The Morgan fingerprint density at radius 1 is 1.37 bits per heavy atom. The Morgan fingerprint density at radius 2 is 2.05 bits per heavy atom. The number of Topliss-reactive ketones (excluding diaryl/α,β-unsaturated/α-hetero) is 1. The molecule has 1 N–H and O–H groups in total. The number of carbonyl (C=O) groups is 2. The number of amides is 1. The first-order valence-electron chi connectivity index (χ1n) is 6.70. The number of aryl methyl sites for hydroxylation is 1. The number of hydrogen-bond donors (Lipinski definition) is 1. The summed E-state index contributed by atoms with van der Waals surface area (Å²) in [6.45, 7) is 3.73. The SMILES string of the molecule is CC(=O)NC1CCN(CC(=O)c2cccn2C)CC1. The topological polar surface area (TPSA) is 54.3 Å². The molecule has 0 aromatic carbocycles. The van der Waals surface area contributed by atoms with Gasteiger partial charge in [0, 0.05) is 39.3 Å². The van der Waals surface area contributed by atoms with Gasteiger partial charge in [0.15, 0.2) is 5.78 Å². The fraction of sp³-hybridized carbons (Fsp3) is 0.571. The third-order valence-corrected chi connectivity index (χ3v) is 3.59. The second kappa shape index (κ2) is 6.02. The van der Waals surface area contributed by atoms with Crippen molar-refractivity contribution < 1.29 is 9.59 Å². The molecular weight excluding hydrogens is 242 g/mol. The molecule has 19 heavy (non-hydrogen) atoms. The van der Waals surface area contributed by atoms with E-state index in [0.717, 1.165) is 31.6 Å². The molecule has 2 rings (SSSR count). The van der Waals surface area contributed by atoms with Gasteiger partial charge in [-0.3, -0.25) is 14.5 Å². The van der Waals surface area contributed by atoms with Crippen LogP contribution in [0.15, 0.2) is 18.3 Å². The zero-order chi connectivity index (χ0) is 13.8. The molecular formula is C14H21N3O2. The summed E-state index contributed by atoms with van der Waals surface area (Å²) in [5, 5.41) is 2.94. The summed E-state index contributed by atoms with van der Waals surface area (Å²) < 4.78 is 1.85. The fourth-order valence-electron chi connectivity index (χ4n) is 2.56. The Balaban J connectivity index is 1.81. The van der Waals surface area contributed by atoms with Gasteiger partial charge >= 0.3 is 0 Å². The quantitative estimate of drug-likeness (QED) is 0.818. The van der Waals surface area contributed by atoms with E-state index in [2.05, 4.69) is 10.2 Å². The first kappa shape index (κ1) is 13.8. The van der Waals surface area contributed by atoms with Gasteiger partial charge in [0.05, 0.1) is 12.2 Å². The van der Waals surface area contributed by atoms with Gasteiger partial charge < -0.3 is 9.88 Å². The highest BCUT2D eigenvalue weighted by Gasteiger charge is 2.22. The molecule has 5 heteroatoms. The maximum atomic E-state index is 12.1. The van der Waals surface area contributed by atoms with E-state index in [0.29, 0.717) is 6.54 Å². The lowest BCUT2D eigenvalue weighted by molar-refractivity contribution is -0.119. The van der Waals surface area contributed by atoms with E-state index in [1.54, 1.807) is 6.92 Å². The molecule has 0 radical (unpaired) electrons. The Morgan fingerprint density at radius 3 is 2.58 bits per heavy atom. The van der Waals surface area contributed by atoms with Gasteiger partial charge in [0.25, 0.3) is 0 Å². The Labute approximate surface area is 113 Å². The average molecular weight is 263 g/mol. The molecule has 0 spiro atoms. The number of ketones is 1. The highest BCUT2D eigenvalue weighted by atomic mass is 16.1. The molecule has 1 saturated heterocycles. The van der Waals surface area contributed by atoms with Crippen LogP contribution in [0.1, 0.15) is 30.3 Å². The smallest absolute Gasteiger partial charge is 0.217 e. The first-order chi connectivity index (χ1) is 9.06. The van der Waals surface area contributed by atoms with Crippen LogP contribution in [0.2, 0.25) is 0 Å². The third-order valence-electron chi connectivity index (χ3n) is 3.59. The number of rotatable bonds is 4. The number of likely N-dealkylation sites (tertiary alicyclic amines) is 1. The van der Waals surface area contributed by atoms with Crippen molar-refractivity contribution in [1.82, 2.24) is 14.8 Å². The van der Waals surface area contributed by atoms with Crippen molar-refractivity contribution in [1.29, 1.82) is 0 Å². The Bertz CT molecular complexity index is 459. The predicted molar refractivity (Wildman–Crippen MR) is 73.0 cm³/mol. The summed E-state index contributed by atoms with van der Waals surface area (Å²) in [4.78, 5) is 25.3. The minimum atomic E-state index is 0.0262. The summed E-state index contributed by atoms with van der Waals surface area (Å²) in [6, 6.07) is 4.00. The molecule has 1 aromatic rings. The predicted octanol–water partition coefficient (Wildman–Crippen LogP) is 0.808. The van der Waals surface area contributed by atoms with Gasteiger partial charge in [-0.25, -0.2) is 0 Å². The standard InChI is InChI=1S/C14H21N3O2/c1-11(18)15-12-5-8-17(9-6-12)10-14(19)13-4-3-7-16(13)2/h3-4,7,12H,5-6,8-10H2,1-2H3,(H,15,18). The van der Waals surface area contributed by atoms with Crippen molar-refractivity contribution in [3.05, 3.63) is 24.0 Å². The second-order valence-corrected chi connectivity index (χ2v) is 5.18. The van der Waals surface area contributed by atoms with Crippen molar-refractivity contribution >= 4 is 11.7 Å². The van der Waals surface area contributed by atoms with Crippen molar-refractivity contribution in [3.63, 3.8) is 0 Å². The van der Waals surface area contributed by atoms with Crippen LogP contribution in [0, 0.1) is 0 Å². The zero-order valence-electron chi connectivity index (χ0n) is 11.6. The molecule has 0 bridgehead atoms. The number of carbonyl (C=O) groups excluding carboxylic acids is 2. The van der Waals surface area contributed by atoms with E-state index in [4.69, 9.17) is 0 Å². The molecule has 2 heterocycles. The number of nitrogens with zero attached hydrogens (tertiary/aromatic N) is 2. The molecule has 5 nitrogen and oxygen atoms in total. The molecule has 0 saturated carbocycles. The van der Waals surface area contributed by atoms with Crippen molar-refractivity contribution in [2.75, 3.05) is 19.6 Å². The van der Waals surface area contributed by atoms with Crippen LogP contribution in [0.5, 0.6) is 0 Å². The molecule has 104 valence electrons. The fourth-order valence-corrected chi connectivity index (χ4v) is 2.56. The maximum absolute atomic E-state index is 12.1. The molecule has 0 atom stereocenters. The number of aromatic nitrogens is 1. The summed E-state index contributed by atoms with van der Waals surface area (Å²) in [6.07, 6.45) is 3.72. The van der Waals surface area contributed by atoms with Crippen molar-refractivity contribution in [2.24, 2.45) is 7.05 Å². The van der Waals surface area contributed by atoms with E-state index in [1.165, 1.54) is 0 Å². The van der Waals surface area contributed by atoms with E-state index < -0.39 is 0 Å². The number of nitrogens with one attached hydrogen (secondary N) is 1. The monoisotopic (exact) mass is 263 g/mol. The Kier molecular flexibility index (Phi) is 4.37. The van der Waals surface area contributed by atoms with Crippen molar-refractivity contribution in [3.8, 4) is 0 Å². The Hall–Kier alpha value is -1.62. The largest absolute Gasteiger partial charge is 0.354 e. The lowest BCUT2D eigenvalue weighted by Gasteiger charge is -2.31. The molecule has 0 unspecified atom stereocenters. The lowest BCUT2D eigenvalue weighted by atomic mass is 10.0. The minimum Gasteiger partial charge on any atom is -0.354 e. The summed E-state index contributed by atoms with van der Waals surface area (Å²) in [5.41, 5.74) is 0.754. The van der Waals surface area contributed by atoms with Gasteiger partial charge in [-0.2, -0.15) is 0 Å². The molecule has 0 aliphatic carbocycles. The highest BCUT2D eigenvalue weighted by molar-refractivity contribution is 5.96. The molecule has 1 aliphatic rings. The van der Waals surface area contributed by atoms with Gasteiger partial charge in [-0.1, -0.05) is 0 Å².